The van der Waals surface area contributed by atoms with E-state index in [2.05, 4.69) is 44.1 Å². The summed E-state index contributed by atoms with van der Waals surface area (Å²) in [4.78, 5) is 27.0. The van der Waals surface area contributed by atoms with Crippen molar-refractivity contribution < 1.29 is 19.1 Å². The average Bonchev–Trinajstić information content (AvgIpc) is 2.68. The van der Waals surface area contributed by atoms with Crippen molar-refractivity contribution in [2.24, 2.45) is 5.41 Å². The molecule has 0 atom stereocenters. The minimum absolute atomic E-state index is 0.0860. The summed E-state index contributed by atoms with van der Waals surface area (Å²) in [5, 5.41) is 0. The zero-order valence-corrected chi connectivity index (χ0v) is 19.6. The van der Waals surface area contributed by atoms with Crippen LogP contribution in [0.1, 0.15) is 61.8 Å². The van der Waals surface area contributed by atoms with Crippen LogP contribution in [-0.2, 0) is 19.1 Å². The molecule has 28 heavy (non-hydrogen) atoms. The van der Waals surface area contributed by atoms with Crippen molar-refractivity contribution in [1.82, 2.24) is 9.80 Å². The number of likely N-dealkylation sites (N-methyl/N-ethyl adjacent to an activating group) is 2. The molecule has 6 nitrogen and oxygen atoms in total. The molecule has 0 fully saturated rings. The first-order chi connectivity index (χ1) is 13.1. The van der Waals surface area contributed by atoms with Gasteiger partial charge in [0.1, 0.15) is 13.2 Å². The van der Waals surface area contributed by atoms with Crippen molar-refractivity contribution in [3.05, 3.63) is 12.2 Å². The highest BCUT2D eigenvalue weighted by Gasteiger charge is 2.26. The molecule has 0 bridgehead atoms. The van der Waals surface area contributed by atoms with Crippen LogP contribution >= 0.6 is 0 Å². The molecule has 0 saturated carbocycles. The lowest BCUT2D eigenvalue weighted by atomic mass is 9.91. The second-order valence-corrected chi connectivity index (χ2v) is 7.34. The Morgan fingerprint density at radius 2 is 1.21 bits per heavy atom. The van der Waals surface area contributed by atoms with E-state index >= 15 is 0 Å². The third kappa shape index (κ3) is 13.7. The highest BCUT2D eigenvalue weighted by molar-refractivity contribution is 5.86. The van der Waals surface area contributed by atoms with E-state index < -0.39 is 0 Å². The molecule has 0 aromatic heterocycles. The second kappa shape index (κ2) is 16.5. The number of carbonyl (C=O) groups is 2. The average molecular weight is 401 g/mol. The largest absolute Gasteiger partial charge is 0.464 e. The molecule has 0 radical (unpaired) electrons. The number of rotatable bonds is 13. The van der Waals surface area contributed by atoms with Crippen molar-refractivity contribution in [2.75, 3.05) is 52.5 Å². The smallest absolute Gasteiger partial charge is 0.333 e. The first-order valence-electron chi connectivity index (χ1n) is 10.5. The first kappa shape index (κ1) is 28.8. The summed E-state index contributed by atoms with van der Waals surface area (Å²) in [5.41, 5.74) is 0.114. The van der Waals surface area contributed by atoms with Gasteiger partial charge in [-0.1, -0.05) is 41.2 Å². The predicted octanol–water partition coefficient (Wildman–Crippen LogP) is 3.76. The molecule has 0 unspecified atom stereocenters. The lowest BCUT2D eigenvalue weighted by Gasteiger charge is -2.22. The van der Waals surface area contributed by atoms with Crippen molar-refractivity contribution in [1.29, 1.82) is 0 Å². The quantitative estimate of drug-likeness (QED) is 0.347. The molecule has 0 amide bonds. The zero-order valence-electron chi connectivity index (χ0n) is 19.6. The van der Waals surface area contributed by atoms with Gasteiger partial charge in [-0.25, -0.2) is 4.79 Å². The van der Waals surface area contributed by atoms with Gasteiger partial charge in [-0.15, -0.1) is 0 Å². The lowest BCUT2D eigenvalue weighted by Crippen LogP contribution is -2.31. The fraction of sp³-hybridized carbons (Fsp3) is 0.818. The fourth-order valence-electron chi connectivity index (χ4n) is 2.08. The summed E-state index contributed by atoms with van der Waals surface area (Å²) in [5.74, 6) is -0.385. The zero-order chi connectivity index (χ0) is 22.2. The fourth-order valence-corrected chi connectivity index (χ4v) is 2.08. The van der Waals surface area contributed by atoms with Crippen LogP contribution in [0.15, 0.2) is 12.2 Å². The summed E-state index contributed by atoms with van der Waals surface area (Å²) in [6.07, 6.45) is 0.817. The molecule has 0 aromatic rings. The van der Waals surface area contributed by atoms with E-state index in [1.54, 1.807) is 6.92 Å². The molecular formula is C22H44N2O4. The molecule has 0 rings (SSSR count). The van der Waals surface area contributed by atoms with Crippen LogP contribution < -0.4 is 0 Å². The van der Waals surface area contributed by atoms with Gasteiger partial charge in [0.2, 0.25) is 0 Å². The molecule has 0 spiro atoms. The van der Waals surface area contributed by atoms with Gasteiger partial charge in [0.15, 0.2) is 0 Å². The van der Waals surface area contributed by atoms with Crippen LogP contribution in [0.25, 0.3) is 0 Å². The van der Waals surface area contributed by atoms with Crippen LogP contribution in [0.4, 0.5) is 0 Å². The van der Waals surface area contributed by atoms with Gasteiger partial charge in [-0.3, -0.25) is 4.79 Å². The molecule has 0 heterocycles. The van der Waals surface area contributed by atoms with Gasteiger partial charge in [0, 0.05) is 18.7 Å². The summed E-state index contributed by atoms with van der Waals surface area (Å²) >= 11 is 0. The Morgan fingerprint density at radius 1 is 0.821 bits per heavy atom. The second-order valence-electron chi connectivity index (χ2n) is 7.34. The highest BCUT2D eigenvalue weighted by Crippen LogP contribution is 2.21. The van der Waals surface area contributed by atoms with E-state index in [1.165, 1.54) is 0 Å². The number of carbonyl (C=O) groups excluding carboxylic acids is 2. The normalized spacial score (nSPS) is 11.1. The van der Waals surface area contributed by atoms with Crippen LogP contribution in [0.5, 0.6) is 0 Å². The maximum absolute atomic E-state index is 11.6. The Morgan fingerprint density at radius 3 is 1.54 bits per heavy atom. The molecule has 0 saturated heterocycles. The van der Waals surface area contributed by atoms with Crippen LogP contribution in [-0.4, -0.2) is 74.2 Å². The van der Waals surface area contributed by atoms with Crippen LogP contribution in [0.2, 0.25) is 0 Å². The Hall–Kier alpha value is -1.40. The number of esters is 2. The molecular weight excluding hydrogens is 356 g/mol. The number of hydrogen-bond acceptors (Lipinski definition) is 6. The third-order valence-corrected chi connectivity index (χ3v) is 4.86. The molecule has 0 N–H and O–H groups in total. The maximum Gasteiger partial charge on any atom is 0.333 e. The molecule has 166 valence electrons. The summed E-state index contributed by atoms with van der Waals surface area (Å²) < 4.78 is 10.2. The Kier molecular flexibility index (Phi) is 17.0. The minimum Gasteiger partial charge on any atom is -0.464 e. The molecule has 6 heteroatoms. The SMILES string of the molecule is C=C(C)C(=O)OCCN(CC)CC.CCN(CC)CCOC(=O)C(C)(C)CC. The Labute approximate surface area is 173 Å². The van der Waals surface area contributed by atoms with Crippen molar-refractivity contribution in [2.45, 2.75) is 61.8 Å². The number of nitrogens with zero attached hydrogens (tertiary/aromatic N) is 2. The van der Waals surface area contributed by atoms with E-state index in [0.29, 0.717) is 18.8 Å². The molecule has 0 aliphatic carbocycles. The van der Waals surface area contributed by atoms with Gasteiger partial charge in [0.25, 0.3) is 0 Å². The lowest BCUT2D eigenvalue weighted by molar-refractivity contribution is -0.154. The summed E-state index contributed by atoms with van der Waals surface area (Å²) in [6, 6.07) is 0. The summed E-state index contributed by atoms with van der Waals surface area (Å²) in [7, 11) is 0. The Bertz CT molecular complexity index is 442. The van der Waals surface area contributed by atoms with Gasteiger partial charge in [0.05, 0.1) is 5.41 Å². The van der Waals surface area contributed by atoms with Crippen LogP contribution in [0.3, 0.4) is 0 Å². The topological polar surface area (TPSA) is 59.1 Å². The van der Waals surface area contributed by atoms with E-state index in [-0.39, 0.29) is 17.4 Å². The van der Waals surface area contributed by atoms with Gasteiger partial charge < -0.3 is 19.3 Å². The highest BCUT2D eigenvalue weighted by atomic mass is 16.5. The molecule has 0 aromatic carbocycles. The van der Waals surface area contributed by atoms with Crippen LogP contribution in [0, 0.1) is 5.41 Å². The van der Waals surface area contributed by atoms with E-state index in [0.717, 1.165) is 45.7 Å². The summed E-state index contributed by atoms with van der Waals surface area (Å²) in [6.45, 7) is 26.0. The minimum atomic E-state index is -0.344. The predicted molar refractivity (Wildman–Crippen MR) is 116 cm³/mol. The third-order valence-electron chi connectivity index (χ3n) is 4.86. The molecule has 0 aliphatic rings. The standard InChI is InChI=1S/C12H25NO2.C10H19NO2/c1-6-12(4,5)11(14)15-10-9-13(7-2)8-3;1-5-11(6-2)7-8-13-10(12)9(3)4/h6-10H2,1-5H3;3,5-8H2,1-2,4H3. The first-order valence-corrected chi connectivity index (χ1v) is 10.5. The Balaban J connectivity index is 0. The van der Waals surface area contributed by atoms with E-state index in [9.17, 15) is 9.59 Å². The van der Waals surface area contributed by atoms with Crippen molar-refractivity contribution in [3.8, 4) is 0 Å². The van der Waals surface area contributed by atoms with E-state index in [4.69, 9.17) is 9.47 Å². The van der Waals surface area contributed by atoms with Crippen molar-refractivity contribution in [3.63, 3.8) is 0 Å². The van der Waals surface area contributed by atoms with Gasteiger partial charge in [-0.2, -0.15) is 0 Å². The van der Waals surface area contributed by atoms with Gasteiger partial charge >= 0.3 is 11.9 Å². The number of ether oxygens (including phenoxy) is 2. The van der Waals surface area contributed by atoms with E-state index in [1.807, 2.05) is 20.8 Å². The monoisotopic (exact) mass is 400 g/mol. The van der Waals surface area contributed by atoms with Gasteiger partial charge in [-0.05, 0) is 53.4 Å². The number of hydrogen-bond donors (Lipinski definition) is 0. The molecule has 0 aliphatic heterocycles. The maximum atomic E-state index is 11.6. The van der Waals surface area contributed by atoms with Crippen molar-refractivity contribution >= 4 is 11.9 Å².